The molecule has 0 aliphatic rings. The SMILES string of the molecule is Cc1cc(F)c(C=NN=Cc2cc(F)c(F)c(F)c2)c(F)c1. The Kier molecular flexibility index (Phi) is 4.65. The highest BCUT2D eigenvalue weighted by atomic mass is 19.2. The fourth-order valence-corrected chi connectivity index (χ4v) is 1.68. The summed E-state index contributed by atoms with van der Waals surface area (Å²) in [5.74, 6) is -5.96. The molecule has 114 valence electrons. The summed E-state index contributed by atoms with van der Waals surface area (Å²) in [6.45, 7) is 1.53. The molecule has 0 amide bonds. The average Bonchev–Trinajstić information content (AvgIpc) is 2.42. The smallest absolute Gasteiger partial charge is 0.194 e. The molecule has 0 aliphatic carbocycles. The van der Waals surface area contributed by atoms with Crippen LogP contribution >= 0.6 is 0 Å². The zero-order valence-corrected chi connectivity index (χ0v) is 11.2. The Bertz CT molecular complexity index is 723. The predicted octanol–water partition coefficient (Wildman–Crippen LogP) is 4.14. The molecule has 0 spiro atoms. The maximum atomic E-state index is 13.5. The van der Waals surface area contributed by atoms with E-state index in [1.165, 1.54) is 6.92 Å². The third kappa shape index (κ3) is 3.55. The summed E-state index contributed by atoms with van der Waals surface area (Å²) in [7, 11) is 0. The Morgan fingerprint density at radius 3 is 1.77 bits per heavy atom. The second-order valence-corrected chi connectivity index (χ2v) is 4.43. The van der Waals surface area contributed by atoms with Crippen LogP contribution in [-0.4, -0.2) is 12.4 Å². The van der Waals surface area contributed by atoms with Gasteiger partial charge in [-0.05, 0) is 36.8 Å². The van der Waals surface area contributed by atoms with Crippen LogP contribution in [0.15, 0.2) is 34.5 Å². The number of benzene rings is 2. The summed E-state index contributed by atoms with van der Waals surface area (Å²) in [6.07, 6.45) is 1.75. The lowest BCUT2D eigenvalue weighted by molar-refractivity contribution is 0.447. The third-order valence-corrected chi connectivity index (χ3v) is 2.69. The molecule has 0 heterocycles. The van der Waals surface area contributed by atoms with E-state index < -0.39 is 29.1 Å². The Morgan fingerprint density at radius 1 is 0.727 bits per heavy atom. The van der Waals surface area contributed by atoms with Crippen molar-refractivity contribution in [2.45, 2.75) is 6.92 Å². The molecule has 2 aromatic rings. The first-order valence-electron chi connectivity index (χ1n) is 6.05. The summed E-state index contributed by atoms with van der Waals surface area (Å²) in [5, 5.41) is 6.80. The van der Waals surface area contributed by atoms with E-state index in [0.29, 0.717) is 17.7 Å². The topological polar surface area (TPSA) is 24.7 Å². The van der Waals surface area contributed by atoms with E-state index >= 15 is 0 Å². The lowest BCUT2D eigenvalue weighted by atomic mass is 10.1. The van der Waals surface area contributed by atoms with Crippen molar-refractivity contribution in [3.05, 3.63) is 70.0 Å². The van der Waals surface area contributed by atoms with Crippen LogP contribution in [0, 0.1) is 36.0 Å². The van der Waals surface area contributed by atoms with Crippen LogP contribution in [-0.2, 0) is 0 Å². The summed E-state index contributed by atoms with van der Waals surface area (Å²) < 4.78 is 65.6. The normalized spacial score (nSPS) is 11.7. The first-order valence-corrected chi connectivity index (χ1v) is 6.05. The van der Waals surface area contributed by atoms with Gasteiger partial charge in [0.25, 0.3) is 0 Å². The lowest BCUT2D eigenvalue weighted by Gasteiger charge is -1.99. The molecule has 0 radical (unpaired) electrons. The van der Waals surface area contributed by atoms with Crippen molar-refractivity contribution >= 4 is 12.4 Å². The van der Waals surface area contributed by atoms with Crippen LogP contribution in [0.3, 0.4) is 0 Å². The van der Waals surface area contributed by atoms with Gasteiger partial charge < -0.3 is 0 Å². The van der Waals surface area contributed by atoms with E-state index in [1.807, 2.05) is 0 Å². The van der Waals surface area contributed by atoms with Crippen LogP contribution in [0.1, 0.15) is 16.7 Å². The van der Waals surface area contributed by atoms with E-state index in [4.69, 9.17) is 0 Å². The van der Waals surface area contributed by atoms with Gasteiger partial charge in [0.2, 0.25) is 0 Å². The van der Waals surface area contributed by atoms with E-state index in [-0.39, 0.29) is 11.1 Å². The molecular weight excluding hydrogens is 303 g/mol. The molecule has 2 rings (SSSR count). The second-order valence-electron chi connectivity index (χ2n) is 4.43. The molecule has 0 fully saturated rings. The molecular formula is C15H9F5N2. The quantitative estimate of drug-likeness (QED) is 0.352. The van der Waals surface area contributed by atoms with Crippen LogP contribution in [0.2, 0.25) is 0 Å². The maximum Gasteiger partial charge on any atom is 0.194 e. The molecule has 0 unspecified atom stereocenters. The summed E-state index contributed by atoms with van der Waals surface area (Å²) in [4.78, 5) is 0. The van der Waals surface area contributed by atoms with Crippen LogP contribution in [0.5, 0.6) is 0 Å². The molecule has 7 heteroatoms. The molecule has 0 saturated heterocycles. The molecule has 0 aliphatic heterocycles. The van der Waals surface area contributed by atoms with Crippen molar-refractivity contribution in [3.8, 4) is 0 Å². The minimum absolute atomic E-state index is 0.0848. The Hall–Kier alpha value is -2.57. The van der Waals surface area contributed by atoms with Crippen molar-refractivity contribution < 1.29 is 22.0 Å². The summed E-state index contributed by atoms with van der Waals surface area (Å²) >= 11 is 0. The number of halogens is 5. The Balaban J connectivity index is 2.19. The zero-order chi connectivity index (χ0) is 16.3. The highest BCUT2D eigenvalue weighted by Gasteiger charge is 2.09. The summed E-state index contributed by atoms with van der Waals surface area (Å²) in [5.41, 5.74) is -0.0643. The van der Waals surface area contributed by atoms with Crippen molar-refractivity contribution in [2.75, 3.05) is 0 Å². The molecule has 0 saturated carbocycles. The molecule has 2 aromatic carbocycles. The van der Waals surface area contributed by atoms with E-state index in [9.17, 15) is 22.0 Å². The van der Waals surface area contributed by atoms with Gasteiger partial charge in [-0.15, -0.1) is 0 Å². The van der Waals surface area contributed by atoms with Gasteiger partial charge in [0.1, 0.15) is 11.6 Å². The number of hydrogen-bond donors (Lipinski definition) is 0. The van der Waals surface area contributed by atoms with E-state index in [1.54, 1.807) is 0 Å². The van der Waals surface area contributed by atoms with E-state index in [2.05, 4.69) is 10.2 Å². The minimum atomic E-state index is -1.59. The zero-order valence-electron chi connectivity index (χ0n) is 11.2. The van der Waals surface area contributed by atoms with Gasteiger partial charge in [-0.1, -0.05) is 0 Å². The van der Waals surface area contributed by atoms with Gasteiger partial charge in [0, 0.05) is 5.56 Å². The largest absolute Gasteiger partial charge is 0.206 e. The number of hydrogen-bond acceptors (Lipinski definition) is 2. The van der Waals surface area contributed by atoms with Crippen molar-refractivity contribution in [2.24, 2.45) is 10.2 Å². The lowest BCUT2D eigenvalue weighted by Crippen LogP contribution is -1.95. The monoisotopic (exact) mass is 312 g/mol. The van der Waals surface area contributed by atoms with Crippen LogP contribution < -0.4 is 0 Å². The van der Waals surface area contributed by atoms with Crippen molar-refractivity contribution in [1.29, 1.82) is 0 Å². The standard InChI is InChI=1S/C15H9F5N2/c1-8-2-11(16)10(12(17)3-8)7-22-21-6-9-4-13(18)15(20)14(19)5-9/h2-7H,1H3. The Labute approximate surface area is 122 Å². The number of aryl methyl sites for hydroxylation is 1. The van der Waals surface area contributed by atoms with Gasteiger partial charge in [-0.25, -0.2) is 22.0 Å². The molecule has 0 aromatic heterocycles. The summed E-state index contributed by atoms with van der Waals surface area (Å²) in [6, 6.07) is 3.67. The molecule has 22 heavy (non-hydrogen) atoms. The van der Waals surface area contributed by atoms with Gasteiger partial charge in [-0.2, -0.15) is 10.2 Å². The molecule has 0 atom stereocenters. The number of nitrogens with zero attached hydrogens (tertiary/aromatic N) is 2. The van der Waals surface area contributed by atoms with Gasteiger partial charge in [-0.3, -0.25) is 0 Å². The molecule has 0 bridgehead atoms. The first kappa shape index (κ1) is 15.8. The predicted molar refractivity (Wildman–Crippen MR) is 72.6 cm³/mol. The maximum absolute atomic E-state index is 13.5. The van der Waals surface area contributed by atoms with Gasteiger partial charge >= 0.3 is 0 Å². The highest BCUT2D eigenvalue weighted by Crippen LogP contribution is 2.14. The minimum Gasteiger partial charge on any atom is -0.206 e. The highest BCUT2D eigenvalue weighted by molar-refractivity contribution is 5.83. The van der Waals surface area contributed by atoms with Gasteiger partial charge in [0.05, 0.1) is 18.0 Å². The van der Waals surface area contributed by atoms with Crippen molar-refractivity contribution in [1.82, 2.24) is 0 Å². The van der Waals surface area contributed by atoms with Crippen molar-refractivity contribution in [3.63, 3.8) is 0 Å². The fraction of sp³-hybridized carbons (Fsp3) is 0.0667. The Morgan fingerprint density at radius 2 is 1.23 bits per heavy atom. The third-order valence-electron chi connectivity index (χ3n) is 2.69. The van der Waals surface area contributed by atoms with Crippen LogP contribution in [0.4, 0.5) is 22.0 Å². The molecule has 2 nitrogen and oxygen atoms in total. The van der Waals surface area contributed by atoms with Gasteiger partial charge in [0.15, 0.2) is 17.5 Å². The average molecular weight is 312 g/mol. The van der Waals surface area contributed by atoms with E-state index in [0.717, 1.165) is 24.6 Å². The fourth-order valence-electron chi connectivity index (χ4n) is 1.68. The number of rotatable bonds is 3. The first-order chi connectivity index (χ1) is 10.4. The second kappa shape index (κ2) is 6.46. The van der Waals surface area contributed by atoms with Crippen LogP contribution in [0.25, 0.3) is 0 Å². The molecule has 0 N–H and O–H groups in total.